The van der Waals surface area contributed by atoms with Gasteiger partial charge >= 0.3 is 6.03 Å². The van der Waals surface area contributed by atoms with E-state index in [2.05, 4.69) is 57.7 Å². The minimum absolute atomic E-state index is 0.273. The predicted octanol–water partition coefficient (Wildman–Crippen LogP) is 6.34. The van der Waals surface area contributed by atoms with E-state index in [9.17, 15) is 9.59 Å². The molecule has 0 bridgehead atoms. The van der Waals surface area contributed by atoms with Crippen LogP contribution in [0.5, 0.6) is 5.75 Å². The van der Waals surface area contributed by atoms with Crippen LogP contribution >= 0.6 is 0 Å². The Balaban J connectivity index is 1.25. The number of hydrogen-bond acceptors (Lipinski definition) is 5. The molecule has 4 aromatic carbocycles. The van der Waals surface area contributed by atoms with Gasteiger partial charge in [0.05, 0.1) is 19.2 Å². The second-order valence-corrected chi connectivity index (χ2v) is 11.2. The zero-order valence-electron chi connectivity index (χ0n) is 24.4. The van der Waals surface area contributed by atoms with Crippen LogP contribution in [0.15, 0.2) is 103 Å². The van der Waals surface area contributed by atoms with Crippen LogP contribution < -0.4 is 10.1 Å². The maximum atomic E-state index is 14.0. The number of aldehydes is 1. The number of para-hydroxylation sites is 1. The average molecular weight is 573 g/mol. The van der Waals surface area contributed by atoms with E-state index in [0.717, 1.165) is 40.6 Å². The summed E-state index contributed by atoms with van der Waals surface area (Å²) in [6.07, 6.45) is 3.85. The summed E-state index contributed by atoms with van der Waals surface area (Å²) in [5.74, 6) is 0.730. The zero-order valence-corrected chi connectivity index (χ0v) is 24.4. The van der Waals surface area contributed by atoms with Crippen LogP contribution in [-0.2, 0) is 24.4 Å². The van der Waals surface area contributed by atoms with E-state index >= 15 is 0 Å². The molecule has 1 aliphatic rings. The first-order valence-corrected chi connectivity index (χ1v) is 14.7. The van der Waals surface area contributed by atoms with Crippen LogP contribution in [0.3, 0.4) is 0 Å². The molecule has 1 N–H and O–H groups in total. The summed E-state index contributed by atoms with van der Waals surface area (Å²) in [6.45, 7) is 2.80. The average Bonchev–Trinajstić information content (AvgIpc) is 3.07. The van der Waals surface area contributed by atoms with E-state index in [1.807, 2.05) is 54.6 Å². The summed E-state index contributed by atoms with van der Waals surface area (Å²) in [5.41, 5.74) is 3.00. The van der Waals surface area contributed by atoms with Crippen LogP contribution in [0.1, 0.15) is 29.5 Å². The van der Waals surface area contributed by atoms with Crippen molar-refractivity contribution in [3.05, 3.63) is 120 Å². The predicted molar refractivity (Wildman–Crippen MR) is 170 cm³/mol. The molecule has 43 heavy (non-hydrogen) atoms. The summed E-state index contributed by atoms with van der Waals surface area (Å²) in [6, 6.07) is 32.1. The number of nitrogens with one attached hydrogen (secondary N) is 1. The Morgan fingerprint density at radius 1 is 0.930 bits per heavy atom. The highest BCUT2D eigenvalue weighted by atomic mass is 16.5. The summed E-state index contributed by atoms with van der Waals surface area (Å²) < 4.78 is 5.35. The molecule has 1 fully saturated rings. The molecular formula is C36H36N4O3. The van der Waals surface area contributed by atoms with Gasteiger partial charge < -0.3 is 19.7 Å². The van der Waals surface area contributed by atoms with E-state index in [0.29, 0.717) is 32.5 Å². The maximum absolute atomic E-state index is 14.0. The van der Waals surface area contributed by atoms with Crippen molar-refractivity contribution in [3.63, 3.8) is 0 Å². The Morgan fingerprint density at radius 3 is 2.47 bits per heavy atom. The number of pyridine rings is 1. The summed E-state index contributed by atoms with van der Waals surface area (Å²) in [4.78, 5) is 35.7. The molecule has 0 spiro atoms. The van der Waals surface area contributed by atoms with Crippen molar-refractivity contribution < 1.29 is 14.3 Å². The van der Waals surface area contributed by atoms with Crippen molar-refractivity contribution in [2.45, 2.75) is 38.0 Å². The fraction of sp³-hybridized carbons (Fsp3) is 0.250. The van der Waals surface area contributed by atoms with Crippen molar-refractivity contribution in [1.82, 2.24) is 20.1 Å². The molecule has 0 unspecified atom stereocenters. The number of urea groups is 1. The van der Waals surface area contributed by atoms with E-state index in [1.54, 1.807) is 18.2 Å². The second kappa shape index (κ2) is 12.6. The molecule has 0 radical (unpaired) electrons. The van der Waals surface area contributed by atoms with E-state index < -0.39 is 5.54 Å². The van der Waals surface area contributed by atoms with Gasteiger partial charge in [0.1, 0.15) is 17.6 Å². The van der Waals surface area contributed by atoms with Gasteiger partial charge in [0.15, 0.2) is 0 Å². The van der Waals surface area contributed by atoms with Crippen molar-refractivity contribution >= 4 is 34.0 Å². The molecule has 7 nitrogen and oxygen atoms in total. The lowest BCUT2D eigenvalue weighted by Crippen LogP contribution is -2.60. The first-order valence-electron chi connectivity index (χ1n) is 14.7. The Hall–Kier alpha value is -4.75. The first kappa shape index (κ1) is 28.4. The molecule has 2 amide bonds. The van der Waals surface area contributed by atoms with E-state index in [4.69, 9.17) is 4.74 Å². The van der Waals surface area contributed by atoms with Gasteiger partial charge in [0, 0.05) is 37.8 Å². The molecule has 7 heteroatoms. The van der Waals surface area contributed by atoms with Crippen molar-refractivity contribution in [2.24, 2.45) is 0 Å². The van der Waals surface area contributed by atoms with Gasteiger partial charge in [0.2, 0.25) is 0 Å². The maximum Gasteiger partial charge on any atom is 0.318 e. The molecule has 5 aromatic rings. The summed E-state index contributed by atoms with van der Waals surface area (Å²) >= 11 is 0. The fourth-order valence-corrected chi connectivity index (χ4v) is 6.17. The quantitative estimate of drug-likeness (QED) is 0.209. The Morgan fingerprint density at radius 2 is 1.65 bits per heavy atom. The number of aromatic nitrogens is 1. The topological polar surface area (TPSA) is 74.8 Å². The number of likely N-dealkylation sites (tertiary alicyclic amines) is 1. The number of benzene rings is 4. The number of methoxy groups -OCH3 is 1. The monoisotopic (exact) mass is 572 g/mol. The molecule has 218 valence electrons. The highest BCUT2D eigenvalue weighted by Gasteiger charge is 2.42. The van der Waals surface area contributed by atoms with Crippen molar-refractivity contribution in [2.75, 3.05) is 20.2 Å². The Labute approximate surface area is 252 Å². The van der Waals surface area contributed by atoms with Crippen LogP contribution in [0, 0.1) is 0 Å². The molecule has 1 aromatic heterocycles. The number of carbonyl (C=O) groups excluding carboxylic acids is 2. The molecule has 0 aliphatic carbocycles. The normalized spacial score (nSPS) is 14.8. The van der Waals surface area contributed by atoms with Crippen LogP contribution in [0.4, 0.5) is 4.79 Å². The third kappa shape index (κ3) is 6.08. The molecule has 0 atom stereocenters. The number of rotatable bonds is 9. The Bertz CT molecular complexity index is 1740. The van der Waals surface area contributed by atoms with Crippen LogP contribution in [-0.4, -0.2) is 52.8 Å². The summed E-state index contributed by atoms with van der Waals surface area (Å²) in [5, 5.41) is 6.56. The number of nitrogens with zero attached hydrogens (tertiary/aromatic N) is 3. The minimum atomic E-state index is -0.940. The number of carbonyl (C=O) groups is 2. The molecule has 1 saturated heterocycles. The van der Waals surface area contributed by atoms with Gasteiger partial charge in [-0.3, -0.25) is 9.88 Å². The highest BCUT2D eigenvalue weighted by molar-refractivity contribution is 5.86. The van der Waals surface area contributed by atoms with Gasteiger partial charge in [0.25, 0.3) is 0 Å². The Kier molecular flexibility index (Phi) is 8.34. The standard InChI is InChI=1S/C36H36N4O3/c1-43-32-15-4-8-27(22-32)23-38-35(42)40(25-31-13-6-11-29-14-7-19-37-34(29)31)36(26-41)17-20-39(21-18-36)24-30-12-5-10-28-9-2-3-16-33(28)30/h2-16,19,22,26H,17-18,20-21,23-25H2,1H3,(H,38,42). The van der Waals surface area contributed by atoms with Crippen LogP contribution in [0.25, 0.3) is 21.7 Å². The number of fused-ring (bicyclic) bond motifs is 2. The smallest absolute Gasteiger partial charge is 0.318 e. The molecule has 6 rings (SSSR count). The fourth-order valence-electron chi connectivity index (χ4n) is 6.17. The zero-order chi connectivity index (χ0) is 29.6. The number of hydrogen-bond donors (Lipinski definition) is 1. The molecule has 2 heterocycles. The van der Waals surface area contributed by atoms with Gasteiger partial charge in [-0.15, -0.1) is 0 Å². The third-order valence-electron chi connectivity index (χ3n) is 8.62. The first-order chi connectivity index (χ1) is 21.1. The highest BCUT2D eigenvalue weighted by Crippen LogP contribution is 2.32. The van der Waals surface area contributed by atoms with Crippen molar-refractivity contribution in [1.29, 1.82) is 0 Å². The lowest BCUT2D eigenvalue weighted by Gasteiger charge is -2.45. The number of amides is 2. The molecule has 0 saturated carbocycles. The lowest BCUT2D eigenvalue weighted by atomic mass is 9.86. The van der Waals surface area contributed by atoms with Crippen LogP contribution in [0.2, 0.25) is 0 Å². The van der Waals surface area contributed by atoms with Gasteiger partial charge in [-0.2, -0.15) is 0 Å². The largest absolute Gasteiger partial charge is 0.497 e. The van der Waals surface area contributed by atoms with Gasteiger partial charge in [-0.1, -0.05) is 78.9 Å². The van der Waals surface area contributed by atoms with Crippen molar-refractivity contribution in [3.8, 4) is 5.75 Å². The van der Waals surface area contributed by atoms with E-state index in [-0.39, 0.29) is 12.6 Å². The van der Waals surface area contributed by atoms with Gasteiger partial charge in [-0.05, 0) is 58.5 Å². The SMILES string of the molecule is COc1cccc(CNC(=O)N(Cc2cccc3cccnc23)C2(C=O)CCN(Cc3cccc4ccccc34)CC2)c1. The molecule has 1 aliphatic heterocycles. The van der Waals surface area contributed by atoms with E-state index in [1.165, 1.54) is 16.3 Å². The summed E-state index contributed by atoms with van der Waals surface area (Å²) in [7, 11) is 1.62. The minimum Gasteiger partial charge on any atom is -0.497 e. The second-order valence-electron chi connectivity index (χ2n) is 11.2. The third-order valence-corrected chi connectivity index (χ3v) is 8.62. The number of ether oxygens (including phenoxy) is 1. The van der Waals surface area contributed by atoms with Gasteiger partial charge in [-0.25, -0.2) is 4.79 Å². The number of piperidine rings is 1. The molecular weight excluding hydrogens is 536 g/mol. The lowest BCUT2D eigenvalue weighted by molar-refractivity contribution is -0.120.